The number of hydrogen-bond acceptors (Lipinski definition) is 3. The Labute approximate surface area is 130 Å². The van der Waals surface area contributed by atoms with Crippen molar-refractivity contribution in [2.45, 2.75) is 58.3 Å². The molecule has 0 aliphatic heterocycles. The molecule has 0 aromatic rings. The normalized spacial score (nSPS) is 11.1. The number of halogens is 1. The standard InChI is InChI=1S/C16H33ClO3/c1-2-3-4-5-6-7-8-9-11-18-13-15-20-16-14-19-12-10-17/h2-16H2,1H3. The van der Waals surface area contributed by atoms with Gasteiger partial charge in [0.25, 0.3) is 0 Å². The minimum Gasteiger partial charge on any atom is -0.379 e. The Balaban J connectivity index is 2.89. The molecular formula is C16H33ClO3. The van der Waals surface area contributed by atoms with Gasteiger partial charge in [0, 0.05) is 12.5 Å². The van der Waals surface area contributed by atoms with Gasteiger partial charge in [-0.3, -0.25) is 0 Å². The molecule has 0 aliphatic rings. The van der Waals surface area contributed by atoms with Crippen LogP contribution in [0, 0.1) is 0 Å². The summed E-state index contributed by atoms with van der Waals surface area (Å²) in [6.07, 6.45) is 10.7. The summed E-state index contributed by atoms with van der Waals surface area (Å²) in [7, 11) is 0. The summed E-state index contributed by atoms with van der Waals surface area (Å²) >= 11 is 5.48. The maximum atomic E-state index is 5.52. The maximum Gasteiger partial charge on any atom is 0.0701 e. The summed E-state index contributed by atoms with van der Waals surface area (Å²) in [5, 5.41) is 0. The molecule has 0 aromatic heterocycles. The zero-order chi connectivity index (χ0) is 14.7. The van der Waals surface area contributed by atoms with Gasteiger partial charge in [-0.15, -0.1) is 11.6 Å². The SMILES string of the molecule is CCCCCCCCCCOCCOCCOCCCl. The largest absolute Gasteiger partial charge is 0.379 e. The molecule has 0 amide bonds. The number of rotatable bonds is 17. The second kappa shape index (κ2) is 19.2. The predicted octanol–water partition coefficient (Wildman–Crippen LogP) is 4.42. The molecule has 0 atom stereocenters. The van der Waals surface area contributed by atoms with Gasteiger partial charge in [-0.05, 0) is 6.42 Å². The van der Waals surface area contributed by atoms with Crippen molar-refractivity contribution in [2.24, 2.45) is 0 Å². The molecule has 0 spiro atoms. The molecule has 0 saturated heterocycles. The third-order valence-corrected chi connectivity index (χ3v) is 3.26. The average Bonchev–Trinajstić information content (AvgIpc) is 2.47. The predicted molar refractivity (Wildman–Crippen MR) is 85.8 cm³/mol. The summed E-state index contributed by atoms with van der Waals surface area (Å²) in [5.41, 5.74) is 0. The quantitative estimate of drug-likeness (QED) is 0.294. The fourth-order valence-corrected chi connectivity index (χ4v) is 2.04. The van der Waals surface area contributed by atoms with Crippen molar-refractivity contribution < 1.29 is 14.2 Å². The van der Waals surface area contributed by atoms with Crippen LogP contribution >= 0.6 is 11.6 Å². The van der Waals surface area contributed by atoms with Gasteiger partial charge < -0.3 is 14.2 Å². The fourth-order valence-electron chi connectivity index (χ4n) is 1.93. The molecule has 0 rings (SSSR count). The highest BCUT2D eigenvalue weighted by Gasteiger charge is 1.93. The molecule has 20 heavy (non-hydrogen) atoms. The van der Waals surface area contributed by atoms with E-state index in [-0.39, 0.29) is 0 Å². The van der Waals surface area contributed by atoms with Crippen LogP contribution < -0.4 is 0 Å². The first-order valence-corrected chi connectivity index (χ1v) is 8.74. The summed E-state index contributed by atoms with van der Waals surface area (Å²) in [4.78, 5) is 0. The number of ether oxygens (including phenoxy) is 3. The summed E-state index contributed by atoms with van der Waals surface area (Å²) in [6, 6.07) is 0. The monoisotopic (exact) mass is 308 g/mol. The van der Waals surface area contributed by atoms with E-state index in [1.165, 1.54) is 51.4 Å². The van der Waals surface area contributed by atoms with Crippen LogP contribution in [0.2, 0.25) is 0 Å². The first kappa shape index (κ1) is 20.2. The third kappa shape index (κ3) is 18.2. The molecule has 0 bridgehead atoms. The maximum absolute atomic E-state index is 5.52. The van der Waals surface area contributed by atoms with E-state index in [0.717, 1.165) is 6.61 Å². The van der Waals surface area contributed by atoms with Crippen LogP contribution in [0.25, 0.3) is 0 Å². The van der Waals surface area contributed by atoms with E-state index in [2.05, 4.69) is 6.92 Å². The molecule has 0 fully saturated rings. The van der Waals surface area contributed by atoms with E-state index in [9.17, 15) is 0 Å². The van der Waals surface area contributed by atoms with E-state index < -0.39 is 0 Å². The Kier molecular flexibility index (Phi) is 19.3. The Morgan fingerprint density at radius 3 is 1.55 bits per heavy atom. The second-order valence-corrected chi connectivity index (χ2v) is 5.38. The van der Waals surface area contributed by atoms with E-state index in [0.29, 0.717) is 38.9 Å². The molecule has 0 saturated carbocycles. The van der Waals surface area contributed by atoms with Crippen molar-refractivity contribution in [3.8, 4) is 0 Å². The van der Waals surface area contributed by atoms with Gasteiger partial charge >= 0.3 is 0 Å². The molecule has 3 nitrogen and oxygen atoms in total. The van der Waals surface area contributed by atoms with Crippen LogP contribution in [0.1, 0.15) is 58.3 Å². The van der Waals surface area contributed by atoms with Crippen LogP contribution in [0.3, 0.4) is 0 Å². The Morgan fingerprint density at radius 1 is 0.550 bits per heavy atom. The van der Waals surface area contributed by atoms with Crippen LogP contribution in [-0.4, -0.2) is 45.5 Å². The zero-order valence-corrected chi connectivity index (χ0v) is 14.0. The Bertz CT molecular complexity index is 150. The van der Waals surface area contributed by atoms with Crippen LogP contribution in [0.15, 0.2) is 0 Å². The lowest BCUT2D eigenvalue weighted by molar-refractivity contribution is 0.0165. The van der Waals surface area contributed by atoms with Gasteiger partial charge in [0.2, 0.25) is 0 Å². The molecular weight excluding hydrogens is 276 g/mol. The van der Waals surface area contributed by atoms with E-state index >= 15 is 0 Å². The molecule has 0 aromatic carbocycles. The molecule has 0 N–H and O–H groups in total. The lowest BCUT2D eigenvalue weighted by Crippen LogP contribution is -2.10. The van der Waals surface area contributed by atoms with Crippen molar-refractivity contribution in [3.63, 3.8) is 0 Å². The Hall–Kier alpha value is 0.170. The first-order chi connectivity index (χ1) is 9.91. The summed E-state index contributed by atoms with van der Waals surface area (Å²) in [5.74, 6) is 0.543. The van der Waals surface area contributed by atoms with Crippen molar-refractivity contribution in [1.29, 1.82) is 0 Å². The summed E-state index contributed by atoms with van der Waals surface area (Å²) in [6.45, 7) is 6.30. The number of alkyl halides is 1. The van der Waals surface area contributed by atoms with E-state index in [4.69, 9.17) is 25.8 Å². The van der Waals surface area contributed by atoms with Crippen LogP contribution in [-0.2, 0) is 14.2 Å². The van der Waals surface area contributed by atoms with Crippen molar-refractivity contribution in [3.05, 3.63) is 0 Å². The van der Waals surface area contributed by atoms with Gasteiger partial charge in [0.15, 0.2) is 0 Å². The minimum absolute atomic E-state index is 0.543. The average molecular weight is 309 g/mol. The van der Waals surface area contributed by atoms with E-state index in [1.807, 2.05) is 0 Å². The highest BCUT2D eigenvalue weighted by molar-refractivity contribution is 6.17. The zero-order valence-electron chi connectivity index (χ0n) is 13.2. The Morgan fingerprint density at radius 2 is 1.00 bits per heavy atom. The molecule has 0 radical (unpaired) electrons. The molecule has 0 unspecified atom stereocenters. The van der Waals surface area contributed by atoms with Gasteiger partial charge in [0.1, 0.15) is 0 Å². The van der Waals surface area contributed by atoms with Gasteiger partial charge in [0.05, 0.1) is 33.0 Å². The van der Waals surface area contributed by atoms with Gasteiger partial charge in [-0.2, -0.15) is 0 Å². The van der Waals surface area contributed by atoms with Gasteiger partial charge in [-0.25, -0.2) is 0 Å². The highest BCUT2D eigenvalue weighted by Crippen LogP contribution is 2.08. The topological polar surface area (TPSA) is 27.7 Å². The number of hydrogen-bond donors (Lipinski definition) is 0. The smallest absolute Gasteiger partial charge is 0.0701 e. The molecule has 122 valence electrons. The van der Waals surface area contributed by atoms with Crippen molar-refractivity contribution in [1.82, 2.24) is 0 Å². The lowest BCUT2D eigenvalue weighted by Gasteiger charge is -2.06. The van der Waals surface area contributed by atoms with Gasteiger partial charge in [-0.1, -0.05) is 51.9 Å². The van der Waals surface area contributed by atoms with E-state index in [1.54, 1.807) is 0 Å². The molecule has 4 heteroatoms. The van der Waals surface area contributed by atoms with Crippen LogP contribution in [0.4, 0.5) is 0 Å². The first-order valence-electron chi connectivity index (χ1n) is 8.21. The lowest BCUT2D eigenvalue weighted by atomic mass is 10.1. The van der Waals surface area contributed by atoms with Crippen molar-refractivity contribution >= 4 is 11.6 Å². The highest BCUT2D eigenvalue weighted by atomic mass is 35.5. The fraction of sp³-hybridized carbons (Fsp3) is 1.00. The molecule has 0 heterocycles. The third-order valence-electron chi connectivity index (χ3n) is 3.11. The van der Waals surface area contributed by atoms with Crippen molar-refractivity contribution in [2.75, 3.05) is 45.5 Å². The minimum atomic E-state index is 0.543. The second-order valence-electron chi connectivity index (χ2n) is 5.00. The summed E-state index contributed by atoms with van der Waals surface area (Å²) < 4.78 is 16.1. The number of unbranched alkanes of at least 4 members (excludes halogenated alkanes) is 7. The molecule has 0 aliphatic carbocycles. The van der Waals surface area contributed by atoms with Crippen LogP contribution in [0.5, 0.6) is 0 Å².